The Labute approximate surface area is 235 Å². The number of carboxylic acid groups (broad SMARTS) is 1. The molecule has 40 heavy (non-hydrogen) atoms. The number of carboxylic acids is 1. The van der Waals surface area contributed by atoms with Gasteiger partial charge in [-0.05, 0) is 99.0 Å². The van der Waals surface area contributed by atoms with Gasteiger partial charge in [-0.1, -0.05) is 36.4 Å². The Hall–Kier alpha value is -3.88. The van der Waals surface area contributed by atoms with Gasteiger partial charge < -0.3 is 24.1 Å². The lowest BCUT2D eigenvalue weighted by atomic mass is 9.99. The Kier molecular flexibility index (Phi) is 9.79. The van der Waals surface area contributed by atoms with E-state index in [0.29, 0.717) is 44.1 Å². The normalized spacial score (nSPS) is 13.7. The highest BCUT2D eigenvalue weighted by Gasteiger charge is 2.18. The SMILES string of the molecule is CC(C)(C)OC(=O)Nc1ccccc1Cc1cccc(OCc2ccc(C(=O)O)cc2CCCC2OCCO2)c1. The highest BCUT2D eigenvalue weighted by Crippen LogP contribution is 2.24. The first-order valence-corrected chi connectivity index (χ1v) is 13.5. The fraction of sp³-hybridized carbons (Fsp3) is 0.375. The molecule has 0 aromatic heterocycles. The van der Waals surface area contributed by atoms with Gasteiger partial charge in [0, 0.05) is 5.69 Å². The van der Waals surface area contributed by atoms with Crippen LogP contribution in [0, 0.1) is 0 Å². The zero-order valence-electron chi connectivity index (χ0n) is 23.3. The van der Waals surface area contributed by atoms with Gasteiger partial charge in [0.15, 0.2) is 6.29 Å². The number of para-hydroxylation sites is 1. The van der Waals surface area contributed by atoms with Crippen molar-refractivity contribution in [1.29, 1.82) is 0 Å². The molecule has 3 aromatic rings. The summed E-state index contributed by atoms with van der Waals surface area (Å²) in [6, 6.07) is 20.6. The number of carbonyl (C=O) groups is 2. The second-order valence-electron chi connectivity index (χ2n) is 10.7. The molecule has 0 atom stereocenters. The Morgan fingerprint density at radius 1 is 0.950 bits per heavy atom. The molecule has 0 spiro atoms. The van der Waals surface area contributed by atoms with Crippen LogP contribution in [0.2, 0.25) is 0 Å². The fourth-order valence-corrected chi connectivity index (χ4v) is 4.50. The number of hydrogen-bond acceptors (Lipinski definition) is 6. The smallest absolute Gasteiger partial charge is 0.412 e. The molecule has 3 aromatic carbocycles. The molecule has 8 nitrogen and oxygen atoms in total. The maximum absolute atomic E-state index is 12.3. The van der Waals surface area contributed by atoms with Gasteiger partial charge in [-0.3, -0.25) is 5.32 Å². The molecule has 0 aliphatic carbocycles. The number of ether oxygens (including phenoxy) is 4. The van der Waals surface area contributed by atoms with Crippen molar-refractivity contribution in [3.05, 3.63) is 94.5 Å². The second kappa shape index (κ2) is 13.5. The van der Waals surface area contributed by atoms with E-state index >= 15 is 0 Å². The lowest BCUT2D eigenvalue weighted by Gasteiger charge is -2.20. The van der Waals surface area contributed by atoms with E-state index in [-0.39, 0.29) is 11.9 Å². The lowest BCUT2D eigenvalue weighted by molar-refractivity contribution is -0.0476. The van der Waals surface area contributed by atoms with Crippen molar-refractivity contribution in [3.63, 3.8) is 0 Å². The van der Waals surface area contributed by atoms with Crippen LogP contribution in [0.5, 0.6) is 5.75 Å². The molecule has 212 valence electrons. The predicted octanol–water partition coefficient (Wildman–Crippen LogP) is 6.60. The van der Waals surface area contributed by atoms with Crippen molar-refractivity contribution in [2.45, 2.75) is 65.0 Å². The summed E-state index contributed by atoms with van der Waals surface area (Å²) in [7, 11) is 0. The number of anilines is 1. The van der Waals surface area contributed by atoms with Gasteiger partial charge >= 0.3 is 12.1 Å². The number of rotatable bonds is 11. The Bertz CT molecular complexity index is 1310. The largest absolute Gasteiger partial charge is 0.489 e. The summed E-state index contributed by atoms with van der Waals surface area (Å²) in [4.78, 5) is 23.9. The molecule has 0 radical (unpaired) electrons. The quantitative estimate of drug-likeness (QED) is 0.279. The molecule has 2 N–H and O–H groups in total. The third-order valence-electron chi connectivity index (χ3n) is 6.37. The molecule has 0 bridgehead atoms. The zero-order valence-corrected chi connectivity index (χ0v) is 23.3. The van der Waals surface area contributed by atoms with Crippen LogP contribution in [0.4, 0.5) is 10.5 Å². The molecule has 1 saturated heterocycles. The van der Waals surface area contributed by atoms with E-state index in [1.165, 1.54) is 0 Å². The van der Waals surface area contributed by atoms with Crippen molar-refractivity contribution >= 4 is 17.7 Å². The average Bonchev–Trinajstić information content (AvgIpc) is 3.42. The summed E-state index contributed by atoms with van der Waals surface area (Å²) in [6.07, 6.45) is 2.17. The molecule has 0 saturated carbocycles. The zero-order chi connectivity index (χ0) is 28.5. The standard InChI is InChI=1S/C32H37NO7/c1-32(2,3)40-31(36)33-28-12-5-4-9-24(28)18-22-8-6-11-27(19-22)39-21-26-15-14-25(30(34)35)20-23(26)10-7-13-29-37-16-17-38-29/h4-6,8-9,11-12,14-15,19-20,29H,7,10,13,16-18,21H2,1-3H3,(H,33,36)(H,34,35). The van der Waals surface area contributed by atoms with E-state index in [2.05, 4.69) is 5.32 Å². The maximum atomic E-state index is 12.3. The van der Waals surface area contributed by atoms with Gasteiger partial charge in [0.1, 0.15) is 18.0 Å². The highest BCUT2D eigenvalue weighted by atomic mass is 16.7. The van der Waals surface area contributed by atoms with E-state index < -0.39 is 17.7 Å². The molecular weight excluding hydrogens is 510 g/mol. The number of aryl methyl sites for hydroxylation is 1. The van der Waals surface area contributed by atoms with Gasteiger partial charge in [-0.2, -0.15) is 0 Å². The second-order valence-corrected chi connectivity index (χ2v) is 10.7. The Morgan fingerprint density at radius 3 is 2.48 bits per heavy atom. The van der Waals surface area contributed by atoms with Crippen LogP contribution >= 0.6 is 0 Å². The summed E-state index contributed by atoms with van der Waals surface area (Å²) in [5, 5.41) is 12.3. The number of hydrogen-bond donors (Lipinski definition) is 2. The lowest BCUT2D eigenvalue weighted by Crippen LogP contribution is -2.27. The topological polar surface area (TPSA) is 103 Å². The van der Waals surface area contributed by atoms with Crippen LogP contribution in [-0.2, 0) is 33.7 Å². The van der Waals surface area contributed by atoms with Gasteiger partial charge in [0.25, 0.3) is 0 Å². The molecule has 0 unspecified atom stereocenters. The van der Waals surface area contributed by atoms with E-state index in [4.69, 9.17) is 18.9 Å². The summed E-state index contributed by atoms with van der Waals surface area (Å²) < 4.78 is 22.6. The minimum absolute atomic E-state index is 0.186. The maximum Gasteiger partial charge on any atom is 0.412 e. The summed E-state index contributed by atoms with van der Waals surface area (Å²) in [6.45, 7) is 7.02. The highest BCUT2D eigenvalue weighted by molar-refractivity contribution is 5.88. The van der Waals surface area contributed by atoms with Gasteiger partial charge in [0.05, 0.1) is 18.8 Å². The Balaban J connectivity index is 1.41. The summed E-state index contributed by atoms with van der Waals surface area (Å²) in [5.41, 5.74) is 4.22. The van der Waals surface area contributed by atoms with E-state index in [9.17, 15) is 14.7 Å². The minimum Gasteiger partial charge on any atom is -0.489 e. The van der Waals surface area contributed by atoms with Gasteiger partial charge in [-0.15, -0.1) is 0 Å². The van der Waals surface area contributed by atoms with Crippen LogP contribution in [0.15, 0.2) is 66.7 Å². The molecule has 1 amide bonds. The van der Waals surface area contributed by atoms with Gasteiger partial charge in [0.2, 0.25) is 0 Å². The van der Waals surface area contributed by atoms with Crippen LogP contribution in [0.1, 0.15) is 66.2 Å². The van der Waals surface area contributed by atoms with Gasteiger partial charge in [-0.25, -0.2) is 9.59 Å². The van der Waals surface area contributed by atoms with Crippen molar-refractivity contribution in [2.75, 3.05) is 18.5 Å². The van der Waals surface area contributed by atoms with Crippen molar-refractivity contribution in [2.24, 2.45) is 0 Å². The molecule has 1 aliphatic heterocycles. The summed E-state index contributed by atoms with van der Waals surface area (Å²) >= 11 is 0. The third kappa shape index (κ3) is 8.83. The average molecular weight is 548 g/mol. The minimum atomic E-state index is -0.953. The first-order chi connectivity index (χ1) is 19.2. The summed E-state index contributed by atoms with van der Waals surface area (Å²) in [5.74, 6) is -0.249. The molecule has 1 aliphatic rings. The van der Waals surface area contributed by atoms with Crippen molar-refractivity contribution < 1.29 is 33.6 Å². The van der Waals surface area contributed by atoms with Crippen LogP contribution in [0.25, 0.3) is 0 Å². The van der Waals surface area contributed by atoms with E-state index in [1.807, 2.05) is 75.4 Å². The van der Waals surface area contributed by atoms with Crippen LogP contribution in [0.3, 0.4) is 0 Å². The molecule has 8 heteroatoms. The van der Waals surface area contributed by atoms with Crippen LogP contribution in [-0.4, -0.2) is 42.3 Å². The van der Waals surface area contributed by atoms with E-state index in [0.717, 1.165) is 35.1 Å². The van der Waals surface area contributed by atoms with Crippen molar-refractivity contribution in [1.82, 2.24) is 0 Å². The molecule has 1 fully saturated rings. The van der Waals surface area contributed by atoms with Crippen LogP contribution < -0.4 is 10.1 Å². The van der Waals surface area contributed by atoms with Crippen molar-refractivity contribution in [3.8, 4) is 5.75 Å². The first kappa shape index (κ1) is 29.1. The molecular formula is C32H37NO7. The molecule has 1 heterocycles. The fourth-order valence-electron chi connectivity index (χ4n) is 4.50. The number of nitrogens with one attached hydrogen (secondary N) is 1. The molecule has 4 rings (SSSR count). The number of amides is 1. The number of aromatic carboxylic acids is 1. The predicted molar refractivity (Wildman–Crippen MR) is 152 cm³/mol. The first-order valence-electron chi connectivity index (χ1n) is 13.5. The number of carbonyl (C=O) groups excluding carboxylic acids is 1. The Morgan fingerprint density at radius 2 is 1.73 bits per heavy atom. The third-order valence-corrected chi connectivity index (χ3v) is 6.37. The monoisotopic (exact) mass is 547 g/mol. The van der Waals surface area contributed by atoms with E-state index in [1.54, 1.807) is 12.1 Å². The number of benzene rings is 3.